The minimum Gasteiger partial charge on any atom is -0.503 e. The van der Waals surface area contributed by atoms with Crippen LogP contribution in [0.25, 0.3) is 88.5 Å². The van der Waals surface area contributed by atoms with E-state index in [9.17, 15) is 0 Å². The van der Waals surface area contributed by atoms with Crippen molar-refractivity contribution in [2.45, 2.75) is 41.5 Å². The van der Waals surface area contributed by atoms with E-state index in [0.717, 1.165) is 60.6 Å². The smallest absolute Gasteiger partial charge is 0.503 e. The maximum Gasteiger partial charge on any atom is 2.00 e. The molecule has 0 N–H and O–H groups in total. The average Bonchev–Trinajstić information content (AvgIpc) is 3.83. The molecular formula is C56H42N4OPt. The maximum absolute atomic E-state index is 6.74. The molecule has 0 aliphatic heterocycles. The molecule has 11 rings (SSSR count). The number of benzene rings is 7. The van der Waals surface area contributed by atoms with Gasteiger partial charge in [0.25, 0.3) is 0 Å². The quantitative estimate of drug-likeness (QED) is 0.123. The Labute approximate surface area is 375 Å². The Hall–Kier alpha value is -6.81. The van der Waals surface area contributed by atoms with Gasteiger partial charge in [0.15, 0.2) is 0 Å². The van der Waals surface area contributed by atoms with Crippen molar-refractivity contribution in [1.82, 2.24) is 18.9 Å². The summed E-state index contributed by atoms with van der Waals surface area (Å²) in [6.45, 7) is 13.2. The molecule has 302 valence electrons. The Morgan fingerprint density at radius 3 is 1.81 bits per heavy atom. The van der Waals surface area contributed by atoms with Crippen molar-refractivity contribution < 1.29 is 25.8 Å². The number of hydrogen-bond acceptors (Lipinski definition) is 3. The van der Waals surface area contributed by atoms with Crippen LogP contribution in [0.5, 0.6) is 11.5 Å². The minimum atomic E-state index is 0. The molecule has 0 saturated heterocycles. The number of hydrogen-bond donors (Lipinski definition) is 0. The normalized spacial score (nSPS) is 11.6. The van der Waals surface area contributed by atoms with E-state index in [0.29, 0.717) is 11.5 Å². The van der Waals surface area contributed by atoms with Gasteiger partial charge < -0.3 is 13.7 Å². The predicted molar refractivity (Wildman–Crippen MR) is 251 cm³/mol. The molecule has 0 fully saturated rings. The van der Waals surface area contributed by atoms with Crippen LogP contribution < -0.4 is 4.74 Å². The van der Waals surface area contributed by atoms with Crippen molar-refractivity contribution in [3.63, 3.8) is 0 Å². The van der Waals surface area contributed by atoms with Gasteiger partial charge in [-0.2, -0.15) is 6.07 Å². The molecule has 4 heterocycles. The zero-order valence-corrected chi connectivity index (χ0v) is 37.6. The summed E-state index contributed by atoms with van der Waals surface area (Å²) in [7, 11) is 0. The third-order valence-corrected chi connectivity index (χ3v) is 12.4. The largest absolute Gasteiger partial charge is 2.00 e. The van der Waals surface area contributed by atoms with Gasteiger partial charge in [-0.05, 0) is 127 Å². The molecular weight excluding hydrogens is 940 g/mol. The van der Waals surface area contributed by atoms with Crippen LogP contribution in [0.3, 0.4) is 0 Å². The Balaban J connectivity index is 0.00000458. The molecule has 0 radical (unpaired) electrons. The van der Waals surface area contributed by atoms with Crippen LogP contribution in [0.2, 0.25) is 0 Å². The van der Waals surface area contributed by atoms with Crippen molar-refractivity contribution in [2.75, 3.05) is 0 Å². The van der Waals surface area contributed by atoms with E-state index in [-0.39, 0.29) is 21.1 Å². The summed E-state index contributed by atoms with van der Waals surface area (Å²) in [5.41, 5.74) is 18.3. The number of ether oxygens (including phenoxy) is 1. The second kappa shape index (κ2) is 15.3. The van der Waals surface area contributed by atoms with Gasteiger partial charge >= 0.3 is 21.1 Å². The van der Waals surface area contributed by atoms with Crippen molar-refractivity contribution in [1.29, 1.82) is 0 Å². The van der Waals surface area contributed by atoms with Gasteiger partial charge in [0.1, 0.15) is 5.82 Å². The molecule has 11 aromatic rings. The molecule has 0 bridgehead atoms. The molecule has 0 atom stereocenters. The monoisotopic (exact) mass is 981 g/mol. The first-order valence-corrected chi connectivity index (χ1v) is 20.8. The van der Waals surface area contributed by atoms with Gasteiger partial charge in [-0.25, -0.2) is 4.98 Å². The molecule has 4 aromatic heterocycles. The van der Waals surface area contributed by atoms with Gasteiger partial charge in [0.2, 0.25) is 0 Å². The van der Waals surface area contributed by atoms with Gasteiger partial charge in [0, 0.05) is 46.1 Å². The van der Waals surface area contributed by atoms with E-state index < -0.39 is 0 Å². The summed E-state index contributed by atoms with van der Waals surface area (Å²) >= 11 is 0. The standard InChI is InChI=1S/C56H42N4O.Pt/c1-33-14-11-15-34(2)52(33)39-28-45-42-25-23-40(61-41-24-26-44-43-20-7-8-21-48(43)59(49(44)31-41)51-22-9-10-27-57-51)30-46(42)56-58-32-50(54-37(5)18-13-19-38(54)6)60(56)55(45)47(29-39)53-35(3)16-12-17-36(53)4;/h7-29,32H,1-6H3;/q-2;+2. The number of fused-ring (bicyclic) bond motifs is 9. The van der Waals surface area contributed by atoms with E-state index in [1.165, 1.54) is 61.2 Å². The van der Waals surface area contributed by atoms with Crippen molar-refractivity contribution in [3.05, 3.63) is 191 Å². The molecule has 0 saturated carbocycles. The zero-order chi connectivity index (χ0) is 41.5. The van der Waals surface area contributed by atoms with Crippen LogP contribution in [-0.2, 0) is 21.1 Å². The fourth-order valence-electron chi connectivity index (χ4n) is 9.79. The number of nitrogens with zero attached hydrogens (tertiary/aromatic N) is 4. The van der Waals surface area contributed by atoms with Crippen LogP contribution in [-0.4, -0.2) is 18.9 Å². The van der Waals surface area contributed by atoms with E-state index >= 15 is 0 Å². The van der Waals surface area contributed by atoms with Crippen LogP contribution >= 0.6 is 0 Å². The van der Waals surface area contributed by atoms with Gasteiger partial charge in [-0.1, -0.05) is 107 Å². The molecule has 7 aromatic carbocycles. The fourth-order valence-corrected chi connectivity index (χ4v) is 9.79. The molecule has 0 aliphatic carbocycles. The summed E-state index contributed by atoms with van der Waals surface area (Å²) < 4.78 is 11.3. The van der Waals surface area contributed by atoms with Crippen LogP contribution in [0, 0.1) is 53.7 Å². The number of aryl methyl sites for hydroxylation is 6. The number of pyridine rings is 2. The number of para-hydroxylation sites is 1. The second-order valence-corrected chi connectivity index (χ2v) is 16.4. The maximum atomic E-state index is 6.74. The second-order valence-electron chi connectivity index (χ2n) is 16.4. The zero-order valence-electron chi connectivity index (χ0n) is 35.4. The number of imidazole rings is 1. The first kappa shape index (κ1) is 39.3. The first-order valence-electron chi connectivity index (χ1n) is 20.8. The Bertz CT molecular complexity index is 3520. The van der Waals surface area contributed by atoms with E-state index in [4.69, 9.17) is 14.7 Å². The Morgan fingerprint density at radius 1 is 0.516 bits per heavy atom. The SMILES string of the molecule is Cc1cccc(C)c1-c1cc(-c2c(C)cccc2C)c2c(c1)c1ccc(Oc3[c-]c4c(cc3)c3ccccc3n4-c3ccccn3)[c-]c1c1ncc(-c3c(C)cccc3C)n12.[Pt+2]. The first-order chi connectivity index (χ1) is 29.7. The van der Waals surface area contributed by atoms with Crippen molar-refractivity contribution in [3.8, 4) is 50.8 Å². The van der Waals surface area contributed by atoms with E-state index in [1.807, 2.05) is 42.7 Å². The van der Waals surface area contributed by atoms with Crippen molar-refractivity contribution in [2.24, 2.45) is 0 Å². The van der Waals surface area contributed by atoms with Crippen LogP contribution in [0.4, 0.5) is 0 Å². The molecule has 0 amide bonds. The number of aromatic nitrogens is 4. The Morgan fingerprint density at radius 2 is 1.13 bits per heavy atom. The molecule has 6 heteroatoms. The predicted octanol–water partition coefficient (Wildman–Crippen LogP) is 14.4. The summed E-state index contributed by atoms with van der Waals surface area (Å²) in [5, 5.41) is 5.29. The summed E-state index contributed by atoms with van der Waals surface area (Å²) in [6, 6.07) is 54.5. The number of rotatable bonds is 6. The van der Waals surface area contributed by atoms with Crippen LogP contribution in [0.1, 0.15) is 33.4 Å². The topological polar surface area (TPSA) is 44.3 Å². The Kier molecular flexibility index (Phi) is 9.69. The average molecular weight is 982 g/mol. The van der Waals surface area contributed by atoms with E-state index in [2.05, 4.69) is 166 Å². The summed E-state index contributed by atoms with van der Waals surface area (Å²) in [5.74, 6) is 2.00. The fraction of sp³-hybridized carbons (Fsp3) is 0.107. The van der Waals surface area contributed by atoms with E-state index in [1.54, 1.807) is 0 Å². The van der Waals surface area contributed by atoms with Gasteiger partial charge in [0.05, 0.1) is 11.3 Å². The summed E-state index contributed by atoms with van der Waals surface area (Å²) in [6.07, 6.45) is 3.86. The molecule has 62 heavy (non-hydrogen) atoms. The molecule has 0 spiro atoms. The van der Waals surface area contributed by atoms with Gasteiger partial charge in [-0.15, -0.1) is 29.7 Å². The summed E-state index contributed by atoms with van der Waals surface area (Å²) in [4.78, 5) is 9.97. The minimum absolute atomic E-state index is 0. The third-order valence-electron chi connectivity index (χ3n) is 12.4. The molecule has 5 nitrogen and oxygen atoms in total. The third kappa shape index (κ3) is 6.17. The molecule has 0 unspecified atom stereocenters. The van der Waals surface area contributed by atoms with Crippen LogP contribution in [0.15, 0.2) is 146 Å². The van der Waals surface area contributed by atoms with Gasteiger partial charge in [-0.3, -0.25) is 4.98 Å². The van der Waals surface area contributed by atoms with Crippen molar-refractivity contribution >= 4 is 49.1 Å². The molecule has 0 aliphatic rings.